The summed E-state index contributed by atoms with van der Waals surface area (Å²) in [5, 5.41) is 1.85. The van der Waals surface area contributed by atoms with Crippen LogP contribution in [0.5, 0.6) is 0 Å². The van der Waals surface area contributed by atoms with Crippen molar-refractivity contribution in [3.63, 3.8) is 0 Å². The number of carbonyl (C=O) groups excluding carboxylic acids is 2. The van der Waals surface area contributed by atoms with Gasteiger partial charge in [-0.05, 0) is 41.8 Å². The van der Waals surface area contributed by atoms with Crippen molar-refractivity contribution in [2.75, 3.05) is 18.0 Å². The number of amides is 2. The van der Waals surface area contributed by atoms with Gasteiger partial charge in [-0.2, -0.15) is 0 Å². The maximum atomic E-state index is 13.8. The van der Waals surface area contributed by atoms with E-state index >= 15 is 0 Å². The smallest absolute Gasteiger partial charge is 0.282 e. The number of nitrogens with zero attached hydrogens (tertiary/aromatic N) is 2. The van der Waals surface area contributed by atoms with Crippen molar-refractivity contribution in [1.29, 1.82) is 0 Å². The fourth-order valence-electron chi connectivity index (χ4n) is 4.16. The highest BCUT2D eigenvalue weighted by atomic mass is 32.1. The third kappa shape index (κ3) is 3.13. The van der Waals surface area contributed by atoms with Gasteiger partial charge in [-0.25, -0.2) is 13.7 Å². The van der Waals surface area contributed by atoms with Crippen molar-refractivity contribution in [3.05, 3.63) is 57.9 Å². The van der Waals surface area contributed by atoms with Crippen LogP contribution >= 0.6 is 11.3 Å². The number of likely N-dealkylation sites (tertiary alicyclic amines) is 1. The molecular formula is C21H20F2N2O2S. The van der Waals surface area contributed by atoms with Crippen molar-refractivity contribution in [2.24, 2.45) is 11.8 Å². The normalized spacial score (nSPS) is 23.1. The van der Waals surface area contributed by atoms with Crippen molar-refractivity contribution in [3.8, 4) is 0 Å². The minimum Gasteiger partial charge on any atom is -0.366 e. The molecule has 2 atom stereocenters. The second-order valence-corrected chi connectivity index (χ2v) is 8.54. The van der Waals surface area contributed by atoms with Crippen LogP contribution in [-0.4, -0.2) is 29.8 Å². The van der Waals surface area contributed by atoms with E-state index in [1.54, 1.807) is 6.07 Å². The third-order valence-electron chi connectivity index (χ3n) is 5.17. The quantitative estimate of drug-likeness (QED) is 0.720. The second-order valence-electron chi connectivity index (χ2n) is 7.60. The summed E-state index contributed by atoms with van der Waals surface area (Å²) in [6.45, 7) is 5.61. The molecule has 0 aliphatic carbocycles. The van der Waals surface area contributed by atoms with Crippen molar-refractivity contribution >= 4 is 34.4 Å². The minimum atomic E-state index is -1.09. The van der Waals surface area contributed by atoms with Gasteiger partial charge in [0.05, 0.1) is 11.3 Å². The van der Waals surface area contributed by atoms with Crippen LogP contribution in [0.4, 0.5) is 14.5 Å². The van der Waals surface area contributed by atoms with Gasteiger partial charge in [0.25, 0.3) is 11.8 Å². The summed E-state index contributed by atoms with van der Waals surface area (Å²) in [7, 11) is 0. The van der Waals surface area contributed by atoms with E-state index in [-0.39, 0.29) is 5.69 Å². The number of anilines is 1. The Kier molecular flexibility index (Phi) is 4.79. The maximum absolute atomic E-state index is 13.8. The zero-order valence-electron chi connectivity index (χ0n) is 15.6. The van der Waals surface area contributed by atoms with Gasteiger partial charge in [-0.3, -0.25) is 9.59 Å². The first-order chi connectivity index (χ1) is 13.4. The molecule has 2 aliphatic heterocycles. The van der Waals surface area contributed by atoms with Crippen LogP contribution in [0.2, 0.25) is 0 Å². The van der Waals surface area contributed by atoms with E-state index in [1.807, 2.05) is 16.3 Å². The highest BCUT2D eigenvalue weighted by molar-refractivity contribution is 7.11. The van der Waals surface area contributed by atoms with Crippen LogP contribution in [0.1, 0.15) is 25.1 Å². The number of benzene rings is 1. The average molecular weight is 402 g/mol. The van der Waals surface area contributed by atoms with Crippen LogP contribution in [0, 0.1) is 23.5 Å². The van der Waals surface area contributed by atoms with Crippen LogP contribution < -0.4 is 4.90 Å². The molecule has 2 unspecified atom stereocenters. The van der Waals surface area contributed by atoms with Crippen molar-refractivity contribution in [2.45, 2.75) is 20.3 Å². The van der Waals surface area contributed by atoms with Crippen LogP contribution in [0.15, 0.2) is 41.4 Å². The molecule has 4 nitrogen and oxygen atoms in total. The number of halogens is 2. The number of rotatable bonds is 3. The van der Waals surface area contributed by atoms with Crippen LogP contribution in [0.3, 0.4) is 0 Å². The standard InChI is InChI=1S/C21H20F2N2O2S/c1-12-8-13(2)11-24(10-12)19-18(17-4-3-7-28-17)20(26)25(21(19)27)14-5-6-15(22)16(23)9-14/h3-7,9,12-13H,8,10-11H2,1-2H3. The van der Waals surface area contributed by atoms with Gasteiger partial charge in [0.2, 0.25) is 0 Å². The average Bonchev–Trinajstić information content (AvgIpc) is 3.23. The SMILES string of the molecule is CC1CC(C)CN(C2=C(c3cccs3)C(=O)N(c3ccc(F)c(F)c3)C2=O)C1. The molecule has 4 rings (SSSR count). The zero-order valence-corrected chi connectivity index (χ0v) is 16.4. The molecule has 2 amide bonds. The van der Waals surface area contributed by atoms with E-state index < -0.39 is 23.4 Å². The summed E-state index contributed by atoms with van der Waals surface area (Å²) in [5.41, 5.74) is 0.734. The van der Waals surface area contributed by atoms with Crippen LogP contribution in [-0.2, 0) is 9.59 Å². The molecule has 1 saturated heterocycles. The third-order valence-corrected chi connectivity index (χ3v) is 6.06. The predicted octanol–water partition coefficient (Wildman–Crippen LogP) is 4.29. The second kappa shape index (κ2) is 7.13. The first-order valence-electron chi connectivity index (χ1n) is 9.23. The Balaban J connectivity index is 1.81. The number of piperidine rings is 1. The summed E-state index contributed by atoms with van der Waals surface area (Å²) < 4.78 is 27.1. The Hall–Kier alpha value is -2.54. The lowest BCUT2D eigenvalue weighted by atomic mass is 9.91. The molecule has 0 bridgehead atoms. The highest BCUT2D eigenvalue weighted by Gasteiger charge is 2.44. The highest BCUT2D eigenvalue weighted by Crippen LogP contribution is 2.38. The molecule has 0 saturated carbocycles. The fraction of sp³-hybridized carbons (Fsp3) is 0.333. The molecule has 3 heterocycles. The molecule has 146 valence electrons. The molecule has 1 aromatic carbocycles. The summed E-state index contributed by atoms with van der Waals surface area (Å²) in [6, 6.07) is 6.70. The maximum Gasteiger partial charge on any atom is 0.282 e. The van der Waals surface area contributed by atoms with E-state index in [1.165, 1.54) is 17.4 Å². The van der Waals surface area contributed by atoms with Gasteiger partial charge in [-0.15, -0.1) is 11.3 Å². The van der Waals surface area contributed by atoms with Crippen molar-refractivity contribution in [1.82, 2.24) is 4.90 Å². The van der Waals surface area contributed by atoms with E-state index in [4.69, 9.17) is 0 Å². The van der Waals surface area contributed by atoms with E-state index in [0.717, 1.165) is 23.5 Å². The van der Waals surface area contributed by atoms with E-state index in [9.17, 15) is 18.4 Å². The summed E-state index contributed by atoms with van der Waals surface area (Å²) >= 11 is 1.38. The van der Waals surface area contributed by atoms with Gasteiger partial charge < -0.3 is 4.90 Å². The molecule has 28 heavy (non-hydrogen) atoms. The Morgan fingerprint density at radius 2 is 1.71 bits per heavy atom. The molecule has 0 N–H and O–H groups in total. The summed E-state index contributed by atoms with van der Waals surface area (Å²) in [6.07, 6.45) is 1.06. The molecule has 1 aromatic heterocycles. The Morgan fingerprint density at radius 3 is 2.32 bits per heavy atom. The van der Waals surface area contributed by atoms with Gasteiger partial charge in [0.1, 0.15) is 5.70 Å². The minimum absolute atomic E-state index is 0.0380. The first-order valence-corrected chi connectivity index (χ1v) is 10.1. The van der Waals surface area contributed by atoms with Gasteiger partial charge in [0, 0.05) is 24.0 Å². The molecule has 0 spiro atoms. The van der Waals surface area contributed by atoms with Gasteiger partial charge in [0.15, 0.2) is 11.6 Å². The number of hydrogen-bond donors (Lipinski definition) is 0. The van der Waals surface area contributed by atoms with Gasteiger partial charge in [-0.1, -0.05) is 19.9 Å². The molecular weight excluding hydrogens is 382 g/mol. The van der Waals surface area contributed by atoms with Gasteiger partial charge >= 0.3 is 0 Å². The number of thiophene rings is 1. The monoisotopic (exact) mass is 402 g/mol. The van der Waals surface area contributed by atoms with Crippen molar-refractivity contribution < 1.29 is 18.4 Å². The molecule has 2 aliphatic rings. The summed E-state index contributed by atoms with van der Waals surface area (Å²) in [4.78, 5) is 30.2. The number of carbonyl (C=O) groups is 2. The molecule has 2 aromatic rings. The predicted molar refractivity (Wildman–Crippen MR) is 105 cm³/mol. The number of imide groups is 1. The fourth-order valence-corrected chi connectivity index (χ4v) is 4.92. The number of hydrogen-bond acceptors (Lipinski definition) is 4. The molecule has 1 fully saturated rings. The van der Waals surface area contributed by atoms with E-state index in [0.29, 0.717) is 41.1 Å². The van der Waals surface area contributed by atoms with Crippen LogP contribution in [0.25, 0.3) is 5.57 Å². The summed E-state index contributed by atoms with van der Waals surface area (Å²) in [5.74, 6) is -2.32. The largest absolute Gasteiger partial charge is 0.366 e. The Bertz CT molecular complexity index is 961. The Morgan fingerprint density at radius 1 is 1.00 bits per heavy atom. The topological polar surface area (TPSA) is 40.6 Å². The lowest BCUT2D eigenvalue weighted by molar-refractivity contribution is -0.120. The first kappa shape index (κ1) is 18.8. The lowest BCUT2D eigenvalue weighted by Crippen LogP contribution is -2.42. The van der Waals surface area contributed by atoms with E-state index in [2.05, 4.69) is 13.8 Å². The lowest BCUT2D eigenvalue weighted by Gasteiger charge is -2.37. The Labute approximate surface area is 166 Å². The zero-order chi connectivity index (χ0) is 20.0. The molecule has 0 radical (unpaired) electrons. The molecule has 7 heteroatoms.